The van der Waals surface area contributed by atoms with Gasteiger partial charge in [-0.15, -0.1) is 5.10 Å². The van der Waals surface area contributed by atoms with Crippen LogP contribution < -0.4 is 0 Å². The Kier molecular flexibility index (Phi) is 8.20. The predicted octanol–water partition coefficient (Wildman–Crippen LogP) is 5.82. The van der Waals surface area contributed by atoms with E-state index in [4.69, 9.17) is 0 Å². The summed E-state index contributed by atoms with van der Waals surface area (Å²) in [6, 6.07) is 20.9. The molecule has 4 rings (SSSR count). The maximum Gasteiger partial charge on any atom is 0.178 e. The highest BCUT2D eigenvalue weighted by molar-refractivity contribution is 7.91. The number of unbranched alkanes of at least 4 members (excludes halogenated alkanes) is 5. The lowest BCUT2D eigenvalue weighted by atomic mass is 10.1. The first-order chi connectivity index (χ1) is 16.6. The molecule has 0 amide bonds. The van der Waals surface area contributed by atoms with E-state index in [9.17, 15) is 8.42 Å². The first kappa shape index (κ1) is 23.8. The number of rotatable bonds is 12. The second-order valence-electron chi connectivity index (χ2n) is 8.41. The largest absolute Gasteiger partial charge is 0.264 e. The molecule has 4 aromatic rings. The molecule has 0 aliphatic heterocycles. The molecule has 0 N–H and O–H groups in total. The Balaban J connectivity index is 1.17. The molecule has 34 heavy (non-hydrogen) atoms. The summed E-state index contributed by atoms with van der Waals surface area (Å²) in [7, 11) is -3.32. The van der Waals surface area contributed by atoms with Crippen LogP contribution in [-0.2, 0) is 16.4 Å². The number of pyridine rings is 1. The number of aryl methyl sites for hydroxylation is 1. The highest BCUT2D eigenvalue weighted by Gasteiger charge is 2.18. The third kappa shape index (κ3) is 6.38. The number of nitrogens with zero attached hydrogens (tertiary/aromatic N) is 4. The smallest absolute Gasteiger partial charge is 0.178 e. The van der Waals surface area contributed by atoms with Crippen molar-refractivity contribution in [2.24, 2.45) is 0 Å². The standard InChI is InChI=1S/C27H30N4O2S/c32-34(33,27-17-9-8-16-25(27)23-13-6-5-7-14-23)20-11-4-2-1-3-10-19-31-22-26(29-30-31)24-15-12-18-28-21-24/h5-9,12-18,21-22H,1-4,10-11,19-20H2. The van der Waals surface area contributed by atoms with E-state index in [1.807, 2.05) is 65.5 Å². The van der Waals surface area contributed by atoms with Crippen LogP contribution in [0.3, 0.4) is 0 Å². The molecule has 176 valence electrons. The Morgan fingerprint density at radius 2 is 1.44 bits per heavy atom. The van der Waals surface area contributed by atoms with Crippen molar-refractivity contribution in [1.82, 2.24) is 20.0 Å². The van der Waals surface area contributed by atoms with Crippen LogP contribution in [0.2, 0.25) is 0 Å². The van der Waals surface area contributed by atoms with Crippen molar-refractivity contribution < 1.29 is 8.42 Å². The molecule has 2 aromatic carbocycles. The minimum absolute atomic E-state index is 0.187. The molecular weight excluding hydrogens is 444 g/mol. The summed E-state index contributed by atoms with van der Waals surface area (Å²) in [4.78, 5) is 4.55. The lowest BCUT2D eigenvalue weighted by Gasteiger charge is -2.11. The summed E-state index contributed by atoms with van der Waals surface area (Å²) >= 11 is 0. The van der Waals surface area contributed by atoms with Gasteiger partial charge in [-0.2, -0.15) is 0 Å². The van der Waals surface area contributed by atoms with Gasteiger partial charge in [0.2, 0.25) is 0 Å². The van der Waals surface area contributed by atoms with E-state index in [1.165, 1.54) is 0 Å². The molecule has 0 spiro atoms. The van der Waals surface area contributed by atoms with E-state index in [0.29, 0.717) is 11.3 Å². The monoisotopic (exact) mass is 474 g/mol. The average Bonchev–Trinajstić information content (AvgIpc) is 3.36. The van der Waals surface area contributed by atoms with Gasteiger partial charge in [0, 0.05) is 30.1 Å². The minimum atomic E-state index is -3.32. The third-order valence-electron chi connectivity index (χ3n) is 5.85. The molecule has 0 atom stereocenters. The lowest BCUT2D eigenvalue weighted by Crippen LogP contribution is -2.08. The van der Waals surface area contributed by atoms with Gasteiger partial charge in [-0.3, -0.25) is 9.67 Å². The molecule has 2 aromatic heterocycles. The molecule has 0 bridgehead atoms. The van der Waals surface area contributed by atoms with E-state index in [-0.39, 0.29) is 5.75 Å². The topological polar surface area (TPSA) is 77.7 Å². The van der Waals surface area contributed by atoms with E-state index in [0.717, 1.165) is 61.0 Å². The SMILES string of the molecule is O=S(=O)(CCCCCCCCn1cc(-c2cccnc2)nn1)c1ccccc1-c1ccccc1. The normalized spacial score (nSPS) is 11.5. The average molecular weight is 475 g/mol. The Morgan fingerprint density at radius 1 is 0.735 bits per heavy atom. The highest BCUT2D eigenvalue weighted by Crippen LogP contribution is 2.28. The highest BCUT2D eigenvalue weighted by atomic mass is 32.2. The molecule has 0 saturated heterocycles. The summed E-state index contributed by atoms with van der Waals surface area (Å²) in [6.45, 7) is 0.831. The molecule has 0 fully saturated rings. The van der Waals surface area contributed by atoms with Crippen LogP contribution in [0.5, 0.6) is 0 Å². The first-order valence-corrected chi connectivity index (χ1v) is 13.5. The summed E-state index contributed by atoms with van der Waals surface area (Å²) in [6.07, 6.45) is 11.3. The van der Waals surface area contributed by atoms with E-state index < -0.39 is 9.84 Å². The lowest BCUT2D eigenvalue weighted by molar-refractivity contribution is 0.516. The van der Waals surface area contributed by atoms with Gasteiger partial charge in [0.05, 0.1) is 16.8 Å². The van der Waals surface area contributed by atoms with Crippen LogP contribution in [0.15, 0.2) is 90.2 Å². The molecular formula is C27H30N4O2S. The van der Waals surface area contributed by atoms with Crippen molar-refractivity contribution in [3.8, 4) is 22.4 Å². The molecule has 7 heteroatoms. The summed E-state index contributed by atoms with van der Waals surface area (Å²) in [5.74, 6) is 0.187. The fourth-order valence-electron chi connectivity index (χ4n) is 4.03. The van der Waals surface area contributed by atoms with Gasteiger partial charge in [-0.05, 0) is 36.6 Å². The first-order valence-electron chi connectivity index (χ1n) is 11.8. The second-order valence-corrected chi connectivity index (χ2v) is 10.5. The molecule has 0 unspecified atom stereocenters. The predicted molar refractivity (Wildman–Crippen MR) is 135 cm³/mol. The van der Waals surface area contributed by atoms with Gasteiger partial charge in [0.25, 0.3) is 0 Å². The fourth-order valence-corrected chi connectivity index (χ4v) is 5.64. The second kappa shape index (κ2) is 11.7. The van der Waals surface area contributed by atoms with Crippen LogP contribution in [-0.4, -0.2) is 34.1 Å². The molecule has 0 radical (unpaired) electrons. The number of hydrogen-bond acceptors (Lipinski definition) is 5. The van der Waals surface area contributed by atoms with Crippen LogP contribution in [0.25, 0.3) is 22.4 Å². The zero-order chi connectivity index (χ0) is 23.6. The zero-order valence-electron chi connectivity index (χ0n) is 19.3. The number of sulfone groups is 1. The van der Waals surface area contributed by atoms with E-state index >= 15 is 0 Å². The molecule has 0 aliphatic carbocycles. The molecule has 2 heterocycles. The Bertz CT molecular complexity index is 1270. The van der Waals surface area contributed by atoms with Crippen molar-refractivity contribution in [1.29, 1.82) is 0 Å². The molecule has 6 nitrogen and oxygen atoms in total. The van der Waals surface area contributed by atoms with Gasteiger partial charge in [0.15, 0.2) is 9.84 Å². The summed E-state index contributed by atoms with van der Waals surface area (Å²) < 4.78 is 27.9. The zero-order valence-corrected chi connectivity index (χ0v) is 20.1. The Morgan fingerprint density at radius 3 is 2.24 bits per heavy atom. The van der Waals surface area contributed by atoms with E-state index in [2.05, 4.69) is 15.3 Å². The quantitative estimate of drug-likeness (QED) is 0.242. The van der Waals surface area contributed by atoms with Gasteiger partial charge in [-0.25, -0.2) is 8.42 Å². The van der Waals surface area contributed by atoms with Crippen molar-refractivity contribution in [3.63, 3.8) is 0 Å². The maximum absolute atomic E-state index is 13.0. The van der Waals surface area contributed by atoms with Gasteiger partial charge in [0.1, 0.15) is 5.69 Å². The Hall–Kier alpha value is -3.32. The van der Waals surface area contributed by atoms with Crippen LogP contribution in [0.1, 0.15) is 38.5 Å². The number of benzene rings is 2. The van der Waals surface area contributed by atoms with Crippen molar-refractivity contribution in [2.75, 3.05) is 5.75 Å². The van der Waals surface area contributed by atoms with Crippen molar-refractivity contribution >= 4 is 9.84 Å². The van der Waals surface area contributed by atoms with Gasteiger partial charge >= 0.3 is 0 Å². The summed E-state index contributed by atoms with van der Waals surface area (Å²) in [5.41, 5.74) is 3.52. The summed E-state index contributed by atoms with van der Waals surface area (Å²) in [5, 5.41) is 8.41. The fraction of sp³-hybridized carbons (Fsp3) is 0.296. The van der Waals surface area contributed by atoms with E-state index in [1.54, 1.807) is 24.5 Å². The number of hydrogen-bond donors (Lipinski definition) is 0. The molecule has 0 aliphatic rings. The Labute approximate surface area is 201 Å². The molecule has 0 saturated carbocycles. The minimum Gasteiger partial charge on any atom is -0.264 e. The third-order valence-corrected chi connectivity index (χ3v) is 7.71. The van der Waals surface area contributed by atoms with Crippen LogP contribution in [0, 0.1) is 0 Å². The van der Waals surface area contributed by atoms with Crippen molar-refractivity contribution in [2.45, 2.75) is 50.0 Å². The maximum atomic E-state index is 13.0. The van der Waals surface area contributed by atoms with Crippen LogP contribution >= 0.6 is 0 Å². The van der Waals surface area contributed by atoms with Crippen molar-refractivity contribution in [3.05, 3.63) is 85.3 Å². The van der Waals surface area contributed by atoms with Crippen LogP contribution in [0.4, 0.5) is 0 Å². The number of aromatic nitrogens is 4. The van der Waals surface area contributed by atoms with Gasteiger partial charge < -0.3 is 0 Å². The van der Waals surface area contributed by atoms with Gasteiger partial charge in [-0.1, -0.05) is 79.4 Å².